The number of aryl methyl sites for hydroxylation is 1. The molecule has 1 aromatic heterocycles. The number of nitrogens with zero attached hydrogens (tertiary/aromatic N) is 2. The molecular formula is C18H17ClN4O2. The molecule has 6 nitrogen and oxygen atoms in total. The molecule has 0 atom stereocenters. The largest absolute Gasteiger partial charge is 0.495 e. The van der Waals surface area contributed by atoms with Crippen molar-refractivity contribution in [3.8, 4) is 5.75 Å². The van der Waals surface area contributed by atoms with Crippen LogP contribution in [-0.4, -0.2) is 22.3 Å². The first-order valence-electron chi connectivity index (χ1n) is 7.68. The summed E-state index contributed by atoms with van der Waals surface area (Å²) in [6.07, 6.45) is 0.316. The number of methoxy groups -OCH3 is 1. The minimum Gasteiger partial charge on any atom is -0.495 e. The predicted molar refractivity (Wildman–Crippen MR) is 97.9 cm³/mol. The van der Waals surface area contributed by atoms with Crippen LogP contribution in [0, 0.1) is 6.92 Å². The molecule has 0 spiro atoms. The Labute approximate surface area is 149 Å². The van der Waals surface area contributed by atoms with Crippen LogP contribution in [0.2, 0.25) is 5.02 Å². The summed E-state index contributed by atoms with van der Waals surface area (Å²) >= 11 is 6.13. The standard InChI is InChI=1S/C18H17ClN4O2/c1-11-7-8-16(25-2)14(9-11)20-18-21-17(24)15(22-23-18)10-12-5-3-4-6-13(12)19/h3-9H,10H2,1-2H3,(H2,20,21,23,24). The zero-order valence-electron chi connectivity index (χ0n) is 13.8. The van der Waals surface area contributed by atoms with E-state index >= 15 is 0 Å². The smallest absolute Gasteiger partial charge is 0.274 e. The van der Waals surface area contributed by atoms with Crippen LogP contribution in [0.3, 0.4) is 0 Å². The Bertz CT molecular complexity index is 956. The number of benzene rings is 2. The SMILES string of the molecule is COc1ccc(C)cc1Nc1nnc(Cc2ccccc2Cl)c(=O)[nH]1. The first-order chi connectivity index (χ1) is 12.1. The molecule has 0 radical (unpaired) electrons. The molecular weight excluding hydrogens is 340 g/mol. The molecule has 7 heteroatoms. The van der Waals surface area contributed by atoms with Gasteiger partial charge in [0.05, 0.1) is 12.8 Å². The van der Waals surface area contributed by atoms with Gasteiger partial charge in [0, 0.05) is 11.4 Å². The van der Waals surface area contributed by atoms with Crippen LogP contribution in [0.5, 0.6) is 5.75 Å². The molecule has 0 amide bonds. The third-order valence-electron chi connectivity index (χ3n) is 3.69. The van der Waals surface area contributed by atoms with Gasteiger partial charge in [-0.1, -0.05) is 35.9 Å². The third kappa shape index (κ3) is 3.97. The summed E-state index contributed by atoms with van der Waals surface area (Å²) in [6, 6.07) is 13.0. The molecule has 1 heterocycles. The van der Waals surface area contributed by atoms with E-state index in [2.05, 4.69) is 20.5 Å². The molecule has 0 aliphatic heterocycles. The van der Waals surface area contributed by atoms with Gasteiger partial charge >= 0.3 is 0 Å². The molecule has 3 rings (SSSR count). The molecule has 128 valence electrons. The second kappa shape index (κ2) is 7.36. The van der Waals surface area contributed by atoms with Crippen LogP contribution in [0.1, 0.15) is 16.8 Å². The molecule has 25 heavy (non-hydrogen) atoms. The molecule has 0 fully saturated rings. The fourth-order valence-corrected chi connectivity index (χ4v) is 2.60. The van der Waals surface area contributed by atoms with E-state index < -0.39 is 0 Å². The van der Waals surface area contributed by atoms with E-state index in [1.807, 2.05) is 43.3 Å². The number of hydrogen-bond donors (Lipinski definition) is 2. The number of aromatic amines is 1. The highest BCUT2D eigenvalue weighted by Gasteiger charge is 2.10. The maximum absolute atomic E-state index is 12.3. The van der Waals surface area contributed by atoms with Gasteiger partial charge in [0.15, 0.2) is 0 Å². The number of nitrogens with one attached hydrogen (secondary N) is 2. The molecule has 3 aromatic rings. The van der Waals surface area contributed by atoms with E-state index in [-0.39, 0.29) is 11.5 Å². The van der Waals surface area contributed by atoms with Gasteiger partial charge in [-0.25, -0.2) is 0 Å². The van der Waals surface area contributed by atoms with Gasteiger partial charge in [0.2, 0.25) is 5.95 Å². The van der Waals surface area contributed by atoms with Crippen molar-refractivity contribution in [1.29, 1.82) is 0 Å². The lowest BCUT2D eigenvalue weighted by Gasteiger charge is -2.11. The number of aromatic nitrogens is 3. The van der Waals surface area contributed by atoms with Crippen molar-refractivity contribution in [2.24, 2.45) is 0 Å². The normalized spacial score (nSPS) is 10.5. The van der Waals surface area contributed by atoms with Gasteiger partial charge in [-0.3, -0.25) is 9.78 Å². The quantitative estimate of drug-likeness (QED) is 0.731. The molecule has 2 N–H and O–H groups in total. The molecule has 0 saturated carbocycles. The molecule has 0 saturated heterocycles. The molecule has 0 aliphatic rings. The fraction of sp³-hybridized carbons (Fsp3) is 0.167. The number of H-pyrrole nitrogens is 1. The van der Waals surface area contributed by atoms with Gasteiger partial charge in [0.1, 0.15) is 11.4 Å². The van der Waals surface area contributed by atoms with E-state index in [4.69, 9.17) is 16.3 Å². The van der Waals surface area contributed by atoms with Crippen molar-refractivity contribution in [1.82, 2.24) is 15.2 Å². The van der Waals surface area contributed by atoms with Crippen LogP contribution in [-0.2, 0) is 6.42 Å². The summed E-state index contributed by atoms with van der Waals surface area (Å²) < 4.78 is 5.30. The van der Waals surface area contributed by atoms with Gasteiger partial charge in [0.25, 0.3) is 5.56 Å². The number of halogens is 1. The summed E-state index contributed by atoms with van der Waals surface area (Å²) in [5.41, 5.74) is 2.56. The first kappa shape index (κ1) is 17.0. The van der Waals surface area contributed by atoms with Gasteiger partial charge in [-0.2, -0.15) is 0 Å². The van der Waals surface area contributed by atoms with Crippen molar-refractivity contribution in [3.63, 3.8) is 0 Å². The van der Waals surface area contributed by atoms with Crippen LogP contribution in [0.25, 0.3) is 0 Å². The highest BCUT2D eigenvalue weighted by molar-refractivity contribution is 6.31. The fourth-order valence-electron chi connectivity index (χ4n) is 2.40. The average molecular weight is 357 g/mol. The van der Waals surface area contributed by atoms with E-state index in [1.54, 1.807) is 13.2 Å². The first-order valence-corrected chi connectivity index (χ1v) is 8.05. The maximum Gasteiger partial charge on any atom is 0.274 e. The Balaban J connectivity index is 1.84. The molecule has 0 aliphatic carbocycles. The second-order valence-electron chi connectivity index (χ2n) is 5.55. The lowest BCUT2D eigenvalue weighted by atomic mass is 10.1. The van der Waals surface area contributed by atoms with Crippen LogP contribution < -0.4 is 15.6 Å². The zero-order chi connectivity index (χ0) is 17.8. The number of ether oxygens (including phenoxy) is 1. The lowest BCUT2D eigenvalue weighted by molar-refractivity contribution is 0.416. The zero-order valence-corrected chi connectivity index (χ0v) is 14.6. The second-order valence-corrected chi connectivity index (χ2v) is 5.95. The van der Waals surface area contributed by atoms with Crippen LogP contribution >= 0.6 is 11.6 Å². The van der Waals surface area contributed by atoms with Crippen molar-refractivity contribution in [3.05, 3.63) is 74.7 Å². The van der Waals surface area contributed by atoms with E-state index in [1.165, 1.54) is 0 Å². The Kier molecular flexibility index (Phi) is 5.00. The summed E-state index contributed by atoms with van der Waals surface area (Å²) in [6.45, 7) is 1.96. The minimum atomic E-state index is -0.316. The molecule has 0 unspecified atom stereocenters. The average Bonchev–Trinajstić information content (AvgIpc) is 2.59. The lowest BCUT2D eigenvalue weighted by Crippen LogP contribution is -2.19. The van der Waals surface area contributed by atoms with Gasteiger partial charge < -0.3 is 10.1 Å². The topological polar surface area (TPSA) is 79.9 Å². The monoisotopic (exact) mass is 356 g/mol. The Morgan fingerprint density at radius 1 is 1.20 bits per heavy atom. The maximum atomic E-state index is 12.3. The Hall–Kier alpha value is -2.86. The number of rotatable bonds is 5. The third-order valence-corrected chi connectivity index (χ3v) is 4.06. The molecule has 0 bridgehead atoms. The van der Waals surface area contributed by atoms with Crippen LogP contribution in [0.4, 0.5) is 11.6 Å². The molecule has 2 aromatic carbocycles. The van der Waals surface area contributed by atoms with Crippen molar-refractivity contribution in [2.75, 3.05) is 12.4 Å². The van der Waals surface area contributed by atoms with E-state index in [0.717, 1.165) is 11.1 Å². The van der Waals surface area contributed by atoms with Gasteiger partial charge in [-0.05, 0) is 36.2 Å². The Morgan fingerprint density at radius 3 is 2.72 bits per heavy atom. The summed E-state index contributed by atoms with van der Waals surface area (Å²) in [5, 5.41) is 11.7. The van der Waals surface area contributed by atoms with Crippen LogP contribution in [0.15, 0.2) is 47.3 Å². The highest BCUT2D eigenvalue weighted by atomic mass is 35.5. The van der Waals surface area contributed by atoms with Gasteiger partial charge in [-0.15, -0.1) is 10.2 Å². The summed E-state index contributed by atoms with van der Waals surface area (Å²) in [7, 11) is 1.58. The summed E-state index contributed by atoms with van der Waals surface area (Å²) in [4.78, 5) is 15.0. The van der Waals surface area contributed by atoms with Crippen molar-refractivity contribution >= 4 is 23.2 Å². The van der Waals surface area contributed by atoms with E-state index in [9.17, 15) is 4.79 Å². The van der Waals surface area contributed by atoms with Crippen molar-refractivity contribution < 1.29 is 4.74 Å². The van der Waals surface area contributed by atoms with Crippen molar-refractivity contribution in [2.45, 2.75) is 13.3 Å². The number of anilines is 2. The number of hydrogen-bond acceptors (Lipinski definition) is 5. The Morgan fingerprint density at radius 2 is 2.00 bits per heavy atom. The summed E-state index contributed by atoms with van der Waals surface area (Å²) in [5.74, 6) is 0.894. The van der Waals surface area contributed by atoms with E-state index in [0.29, 0.717) is 28.6 Å². The highest BCUT2D eigenvalue weighted by Crippen LogP contribution is 2.27. The predicted octanol–water partition coefficient (Wildman–Crippen LogP) is 3.47. The minimum absolute atomic E-state index is 0.247.